The standard InChI is InChI=1S/C58H105NO5/c1-4-7-10-13-16-19-22-25-28-30-33-36-39-42-45-48-51-58(63)64-54(49-46-43-40-37-34-31-29-26-23-20-17-14-11-8-5-2)52-57(62)59-55(53-60)56(61)50-47-44-41-38-35-32-27-24-21-18-15-12-9-6-3/h17,20,26,28-30,33-34,36-37,54-56,60-61H,4-16,18-19,21-25,27,31-32,35,38-53H2,1-3H3,(H,59,62)/b20-17-,29-26-,30-28+,36-33+,37-34-. The Morgan fingerprint density at radius 2 is 0.844 bits per heavy atom. The van der Waals surface area contributed by atoms with E-state index in [1.807, 2.05) is 0 Å². The maximum atomic E-state index is 13.2. The van der Waals surface area contributed by atoms with Gasteiger partial charge in [0.25, 0.3) is 0 Å². The van der Waals surface area contributed by atoms with Gasteiger partial charge in [0.15, 0.2) is 0 Å². The number of carbonyl (C=O) groups excluding carboxylic acids is 2. The van der Waals surface area contributed by atoms with Crippen LogP contribution in [-0.4, -0.2) is 46.9 Å². The van der Waals surface area contributed by atoms with Gasteiger partial charge in [0.05, 0.1) is 25.2 Å². The molecule has 1 amide bonds. The van der Waals surface area contributed by atoms with Gasteiger partial charge in [0.2, 0.25) is 5.91 Å². The molecule has 6 heteroatoms. The molecule has 3 N–H and O–H groups in total. The molecule has 0 heterocycles. The summed E-state index contributed by atoms with van der Waals surface area (Å²) in [5.74, 6) is -0.539. The average Bonchev–Trinajstić information content (AvgIpc) is 3.29. The van der Waals surface area contributed by atoms with Gasteiger partial charge in [-0.05, 0) is 89.9 Å². The zero-order valence-corrected chi connectivity index (χ0v) is 42.4. The van der Waals surface area contributed by atoms with Crippen LogP contribution in [0.5, 0.6) is 0 Å². The molecule has 0 aliphatic heterocycles. The summed E-state index contributed by atoms with van der Waals surface area (Å²) in [5, 5.41) is 23.8. The summed E-state index contributed by atoms with van der Waals surface area (Å²) in [7, 11) is 0. The molecule has 3 unspecified atom stereocenters. The zero-order valence-electron chi connectivity index (χ0n) is 42.4. The highest BCUT2D eigenvalue weighted by Crippen LogP contribution is 2.17. The van der Waals surface area contributed by atoms with E-state index < -0.39 is 18.2 Å². The Labute approximate surface area is 397 Å². The van der Waals surface area contributed by atoms with Crippen LogP contribution in [0.1, 0.15) is 271 Å². The van der Waals surface area contributed by atoms with Crippen LogP contribution in [0, 0.1) is 0 Å². The number of allylic oxidation sites excluding steroid dienone is 10. The van der Waals surface area contributed by atoms with Crippen molar-refractivity contribution in [3.63, 3.8) is 0 Å². The first-order valence-electron chi connectivity index (χ1n) is 27.5. The molecule has 372 valence electrons. The van der Waals surface area contributed by atoms with Crippen molar-refractivity contribution in [3.05, 3.63) is 60.8 Å². The number of aliphatic hydroxyl groups excluding tert-OH is 2. The monoisotopic (exact) mass is 896 g/mol. The van der Waals surface area contributed by atoms with E-state index in [0.29, 0.717) is 19.3 Å². The summed E-state index contributed by atoms with van der Waals surface area (Å²) in [6.07, 6.45) is 64.2. The summed E-state index contributed by atoms with van der Waals surface area (Å²) in [6.45, 7) is 6.45. The number of esters is 1. The normalized spacial score (nSPS) is 13.6. The van der Waals surface area contributed by atoms with Crippen LogP contribution in [0.2, 0.25) is 0 Å². The van der Waals surface area contributed by atoms with Crippen LogP contribution < -0.4 is 5.32 Å². The summed E-state index contributed by atoms with van der Waals surface area (Å²) in [4.78, 5) is 26.2. The van der Waals surface area contributed by atoms with Crippen molar-refractivity contribution in [1.29, 1.82) is 0 Å². The lowest BCUT2D eigenvalue weighted by atomic mass is 10.0. The van der Waals surface area contributed by atoms with Crippen LogP contribution in [0.15, 0.2) is 60.8 Å². The number of ether oxygens (including phenoxy) is 1. The largest absolute Gasteiger partial charge is 0.462 e. The second-order valence-electron chi connectivity index (χ2n) is 18.7. The molecule has 6 nitrogen and oxygen atoms in total. The number of aliphatic hydroxyl groups is 2. The van der Waals surface area contributed by atoms with Gasteiger partial charge in [0, 0.05) is 6.42 Å². The van der Waals surface area contributed by atoms with Gasteiger partial charge in [-0.15, -0.1) is 0 Å². The molecule has 0 aromatic carbocycles. The van der Waals surface area contributed by atoms with Crippen molar-refractivity contribution in [2.24, 2.45) is 0 Å². The fourth-order valence-electron chi connectivity index (χ4n) is 8.13. The average molecular weight is 896 g/mol. The highest BCUT2D eigenvalue weighted by molar-refractivity contribution is 5.77. The van der Waals surface area contributed by atoms with Crippen LogP contribution in [-0.2, 0) is 14.3 Å². The van der Waals surface area contributed by atoms with Crippen molar-refractivity contribution < 1.29 is 24.5 Å². The van der Waals surface area contributed by atoms with Gasteiger partial charge in [-0.1, -0.05) is 229 Å². The van der Waals surface area contributed by atoms with Gasteiger partial charge in [-0.2, -0.15) is 0 Å². The molecule has 3 atom stereocenters. The number of hydrogen-bond donors (Lipinski definition) is 3. The molecule has 0 aromatic rings. The third kappa shape index (κ3) is 46.1. The first-order chi connectivity index (χ1) is 31.5. The summed E-state index contributed by atoms with van der Waals surface area (Å²) in [6, 6.07) is -0.721. The minimum Gasteiger partial charge on any atom is -0.462 e. The third-order valence-electron chi connectivity index (χ3n) is 12.3. The topological polar surface area (TPSA) is 95.9 Å². The molecule has 0 fully saturated rings. The Kier molecular flexibility index (Phi) is 49.6. The first-order valence-corrected chi connectivity index (χ1v) is 27.5. The van der Waals surface area contributed by atoms with E-state index in [1.54, 1.807) is 0 Å². The minimum absolute atomic E-state index is 0.0404. The molecule has 0 saturated heterocycles. The van der Waals surface area contributed by atoms with Crippen molar-refractivity contribution in [2.75, 3.05) is 6.61 Å². The fourth-order valence-corrected chi connectivity index (χ4v) is 8.13. The SMILES string of the molecule is CCCCC/C=C\C/C=C\C/C=C\CCCCC(CC(=O)NC(CO)C(O)CCCCCCCCCCCCCCCC)OC(=O)CCCCC/C=C/C=C/CCCCCCCCC. The maximum Gasteiger partial charge on any atom is 0.306 e. The van der Waals surface area contributed by atoms with Crippen LogP contribution >= 0.6 is 0 Å². The van der Waals surface area contributed by atoms with Gasteiger partial charge >= 0.3 is 5.97 Å². The van der Waals surface area contributed by atoms with E-state index in [2.05, 4.69) is 86.8 Å². The summed E-state index contributed by atoms with van der Waals surface area (Å²) >= 11 is 0. The number of rotatable bonds is 49. The highest BCUT2D eigenvalue weighted by Gasteiger charge is 2.24. The molecule has 0 spiro atoms. The van der Waals surface area contributed by atoms with E-state index in [-0.39, 0.29) is 24.9 Å². The van der Waals surface area contributed by atoms with Crippen LogP contribution in [0.25, 0.3) is 0 Å². The van der Waals surface area contributed by atoms with Crippen molar-refractivity contribution in [3.8, 4) is 0 Å². The lowest BCUT2D eigenvalue weighted by Gasteiger charge is -2.24. The van der Waals surface area contributed by atoms with E-state index in [4.69, 9.17) is 4.74 Å². The van der Waals surface area contributed by atoms with Crippen molar-refractivity contribution >= 4 is 11.9 Å². The van der Waals surface area contributed by atoms with Crippen LogP contribution in [0.4, 0.5) is 0 Å². The van der Waals surface area contributed by atoms with Gasteiger partial charge in [-0.3, -0.25) is 9.59 Å². The summed E-state index contributed by atoms with van der Waals surface area (Å²) < 4.78 is 5.92. The van der Waals surface area contributed by atoms with E-state index in [0.717, 1.165) is 83.5 Å². The quantitative estimate of drug-likeness (QED) is 0.0245. The summed E-state index contributed by atoms with van der Waals surface area (Å²) in [5.41, 5.74) is 0. The molecule has 0 rings (SSSR count). The molecule has 0 aliphatic carbocycles. The Balaban J connectivity index is 4.68. The molecule has 0 aromatic heterocycles. The van der Waals surface area contributed by atoms with E-state index in [1.165, 1.54) is 141 Å². The molecule has 0 radical (unpaired) electrons. The molecule has 0 bridgehead atoms. The van der Waals surface area contributed by atoms with Gasteiger partial charge in [0.1, 0.15) is 6.10 Å². The molecule has 0 aliphatic rings. The second kappa shape index (κ2) is 51.5. The second-order valence-corrected chi connectivity index (χ2v) is 18.7. The van der Waals surface area contributed by atoms with Gasteiger partial charge in [-0.25, -0.2) is 0 Å². The molecule has 0 saturated carbocycles. The predicted octanol–water partition coefficient (Wildman–Crippen LogP) is 16.8. The Bertz CT molecular complexity index is 1140. The highest BCUT2D eigenvalue weighted by atomic mass is 16.5. The number of hydrogen-bond acceptors (Lipinski definition) is 5. The third-order valence-corrected chi connectivity index (χ3v) is 12.3. The minimum atomic E-state index is -0.804. The number of unbranched alkanes of at least 4 members (excludes halogenated alkanes) is 28. The van der Waals surface area contributed by atoms with Crippen molar-refractivity contribution in [1.82, 2.24) is 5.32 Å². The van der Waals surface area contributed by atoms with E-state index >= 15 is 0 Å². The predicted molar refractivity (Wildman–Crippen MR) is 278 cm³/mol. The Morgan fingerprint density at radius 3 is 1.34 bits per heavy atom. The smallest absolute Gasteiger partial charge is 0.306 e. The lowest BCUT2D eigenvalue weighted by Crippen LogP contribution is -2.46. The Morgan fingerprint density at radius 1 is 0.469 bits per heavy atom. The van der Waals surface area contributed by atoms with E-state index in [9.17, 15) is 19.8 Å². The number of amides is 1. The van der Waals surface area contributed by atoms with Crippen LogP contribution in [0.3, 0.4) is 0 Å². The molecular formula is C58H105NO5. The Hall–Kier alpha value is -2.44. The fraction of sp³-hybridized carbons (Fsp3) is 0.793. The first kappa shape index (κ1) is 61.6. The maximum absolute atomic E-state index is 13.2. The molecule has 64 heavy (non-hydrogen) atoms. The zero-order chi connectivity index (χ0) is 46.7. The number of nitrogens with one attached hydrogen (secondary N) is 1. The number of carbonyl (C=O) groups is 2. The lowest BCUT2D eigenvalue weighted by molar-refractivity contribution is -0.151. The molecular weight excluding hydrogens is 791 g/mol. The van der Waals surface area contributed by atoms with Gasteiger partial charge < -0.3 is 20.3 Å². The van der Waals surface area contributed by atoms with Crippen molar-refractivity contribution in [2.45, 2.75) is 289 Å².